The molecule has 1 saturated heterocycles. The van der Waals surface area contributed by atoms with Crippen LogP contribution < -0.4 is 16.0 Å². The molecule has 1 aliphatic rings. The Morgan fingerprint density at radius 3 is 2.82 bits per heavy atom. The molecule has 0 radical (unpaired) electrons. The van der Waals surface area contributed by atoms with Crippen LogP contribution in [-0.2, 0) is 4.79 Å². The summed E-state index contributed by atoms with van der Waals surface area (Å²) < 4.78 is 0. The third-order valence-corrected chi connectivity index (χ3v) is 3.23. The minimum absolute atomic E-state index is 0.0634. The molecule has 0 aromatic heterocycles. The summed E-state index contributed by atoms with van der Waals surface area (Å²) >= 11 is 0. The van der Waals surface area contributed by atoms with Crippen LogP contribution >= 0.6 is 0 Å². The Morgan fingerprint density at radius 2 is 2.24 bits per heavy atom. The number of carbonyl (C=O) groups is 1. The van der Waals surface area contributed by atoms with Crippen molar-refractivity contribution in [3.63, 3.8) is 0 Å². The molecule has 1 aliphatic heterocycles. The Morgan fingerprint density at radius 1 is 1.47 bits per heavy atom. The first-order valence-electron chi connectivity index (χ1n) is 6.53. The topological polar surface area (TPSA) is 56.4 Å². The van der Waals surface area contributed by atoms with Crippen molar-refractivity contribution in [2.24, 2.45) is 0 Å². The maximum absolute atomic E-state index is 11.7. The minimum atomic E-state index is -0.0634. The van der Waals surface area contributed by atoms with Gasteiger partial charge in [-0.15, -0.1) is 0 Å². The van der Waals surface area contributed by atoms with Crippen LogP contribution in [0.1, 0.15) is 20.3 Å². The number of hydrogen-bond acceptors (Lipinski definition) is 4. The lowest BCUT2D eigenvalue weighted by Crippen LogP contribution is -2.55. The van der Waals surface area contributed by atoms with Gasteiger partial charge in [-0.05, 0) is 33.9 Å². The van der Waals surface area contributed by atoms with E-state index >= 15 is 0 Å². The highest BCUT2D eigenvalue weighted by Gasteiger charge is 2.19. The van der Waals surface area contributed by atoms with Gasteiger partial charge in [-0.1, -0.05) is 0 Å². The number of amides is 1. The van der Waals surface area contributed by atoms with Crippen molar-refractivity contribution < 1.29 is 4.79 Å². The van der Waals surface area contributed by atoms with Gasteiger partial charge >= 0.3 is 0 Å². The number of nitrogens with one attached hydrogen (secondary N) is 3. The second kappa shape index (κ2) is 7.63. The predicted molar refractivity (Wildman–Crippen MR) is 70.1 cm³/mol. The molecule has 1 heterocycles. The first-order chi connectivity index (χ1) is 8.11. The SMILES string of the molecule is CC(C)N(C)CCCNC(=O)C1CNCCN1. The smallest absolute Gasteiger partial charge is 0.238 e. The highest BCUT2D eigenvalue weighted by atomic mass is 16.2. The Kier molecular flexibility index (Phi) is 6.47. The van der Waals surface area contributed by atoms with Gasteiger partial charge in [-0.3, -0.25) is 4.79 Å². The van der Waals surface area contributed by atoms with Crippen LogP contribution in [0.5, 0.6) is 0 Å². The lowest BCUT2D eigenvalue weighted by Gasteiger charge is -2.24. The standard InChI is InChI=1S/C12H26N4O/c1-10(2)16(3)8-4-5-15-12(17)11-9-13-6-7-14-11/h10-11,13-14H,4-9H2,1-3H3,(H,15,17). The molecular weight excluding hydrogens is 216 g/mol. The molecule has 1 amide bonds. The first kappa shape index (κ1) is 14.4. The molecule has 3 N–H and O–H groups in total. The van der Waals surface area contributed by atoms with Gasteiger partial charge < -0.3 is 20.9 Å². The number of piperazine rings is 1. The van der Waals surface area contributed by atoms with Crippen LogP contribution in [0.4, 0.5) is 0 Å². The molecule has 1 unspecified atom stereocenters. The summed E-state index contributed by atoms with van der Waals surface area (Å²) in [6.45, 7) is 8.68. The zero-order chi connectivity index (χ0) is 12.7. The molecular formula is C12H26N4O. The molecule has 1 atom stereocenters. The highest BCUT2D eigenvalue weighted by Crippen LogP contribution is 1.94. The van der Waals surface area contributed by atoms with E-state index in [1.54, 1.807) is 0 Å². The number of nitrogens with zero attached hydrogens (tertiary/aromatic N) is 1. The van der Waals surface area contributed by atoms with Gasteiger partial charge in [0.05, 0.1) is 6.04 Å². The van der Waals surface area contributed by atoms with Gasteiger partial charge in [0.25, 0.3) is 0 Å². The molecule has 5 nitrogen and oxygen atoms in total. The normalized spacial score (nSPS) is 20.9. The lowest BCUT2D eigenvalue weighted by atomic mass is 10.2. The molecule has 100 valence electrons. The second-order valence-corrected chi connectivity index (χ2v) is 4.93. The van der Waals surface area contributed by atoms with Crippen molar-refractivity contribution >= 4 is 5.91 Å². The van der Waals surface area contributed by atoms with Crippen LogP contribution in [0, 0.1) is 0 Å². The fourth-order valence-electron chi connectivity index (χ4n) is 1.76. The largest absolute Gasteiger partial charge is 0.355 e. The van der Waals surface area contributed by atoms with Gasteiger partial charge in [0.2, 0.25) is 5.91 Å². The second-order valence-electron chi connectivity index (χ2n) is 4.93. The van der Waals surface area contributed by atoms with Crippen LogP contribution in [0.25, 0.3) is 0 Å². The fourth-order valence-corrected chi connectivity index (χ4v) is 1.76. The van der Waals surface area contributed by atoms with E-state index < -0.39 is 0 Å². The maximum Gasteiger partial charge on any atom is 0.238 e. The minimum Gasteiger partial charge on any atom is -0.355 e. The van der Waals surface area contributed by atoms with Gasteiger partial charge in [0.15, 0.2) is 0 Å². The van der Waals surface area contributed by atoms with Gasteiger partial charge in [-0.2, -0.15) is 0 Å². The predicted octanol–water partition coefficient (Wildman–Crippen LogP) is -0.606. The molecule has 17 heavy (non-hydrogen) atoms. The summed E-state index contributed by atoms with van der Waals surface area (Å²) in [5.41, 5.74) is 0. The van der Waals surface area contributed by atoms with Crippen molar-refractivity contribution in [3.05, 3.63) is 0 Å². The highest BCUT2D eigenvalue weighted by molar-refractivity contribution is 5.82. The summed E-state index contributed by atoms with van der Waals surface area (Å²) in [7, 11) is 2.11. The van der Waals surface area contributed by atoms with Gasteiger partial charge in [0.1, 0.15) is 0 Å². The van der Waals surface area contributed by atoms with E-state index in [4.69, 9.17) is 0 Å². The van der Waals surface area contributed by atoms with Crippen LogP contribution in [0.3, 0.4) is 0 Å². The van der Waals surface area contributed by atoms with E-state index in [0.717, 1.165) is 39.1 Å². The van der Waals surface area contributed by atoms with E-state index in [1.807, 2.05) is 0 Å². The Bertz CT molecular complexity index is 227. The Labute approximate surface area is 104 Å². The van der Waals surface area contributed by atoms with Crippen molar-refractivity contribution in [2.45, 2.75) is 32.4 Å². The molecule has 1 fully saturated rings. The van der Waals surface area contributed by atoms with Crippen LogP contribution in [0.15, 0.2) is 0 Å². The number of carbonyl (C=O) groups excluding carboxylic acids is 1. The van der Waals surface area contributed by atoms with E-state index in [9.17, 15) is 4.79 Å². The molecule has 1 rings (SSSR count). The number of rotatable bonds is 6. The quantitative estimate of drug-likeness (QED) is 0.544. The van der Waals surface area contributed by atoms with E-state index in [-0.39, 0.29) is 11.9 Å². The van der Waals surface area contributed by atoms with Crippen LogP contribution in [0.2, 0.25) is 0 Å². The average Bonchev–Trinajstić information content (AvgIpc) is 2.35. The molecule has 0 spiro atoms. The summed E-state index contributed by atoms with van der Waals surface area (Å²) in [6.07, 6.45) is 1.00. The molecule has 0 aromatic carbocycles. The molecule has 5 heteroatoms. The summed E-state index contributed by atoms with van der Waals surface area (Å²) in [5.74, 6) is 0.115. The van der Waals surface area contributed by atoms with Crippen LogP contribution in [-0.4, -0.2) is 62.7 Å². The lowest BCUT2D eigenvalue weighted by molar-refractivity contribution is -0.123. The van der Waals surface area contributed by atoms with Crippen molar-refractivity contribution in [3.8, 4) is 0 Å². The molecule has 0 bridgehead atoms. The zero-order valence-electron chi connectivity index (χ0n) is 11.3. The summed E-state index contributed by atoms with van der Waals surface area (Å²) in [5, 5.41) is 9.39. The molecule has 0 aromatic rings. The van der Waals surface area contributed by atoms with Crippen molar-refractivity contribution in [1.29, 1.82) is 0 Å². The summed E-state index contributed by atoms with van der Waals surface area (Å²) in [4.78, 5) is 14.0. The number of hydrogen-bond donors (Lipinski definition) is 3. The monoisotopic (exact) mass is 242 g/mol. The van der Waals surface area contributed by atoms with E-state index in [0.29, 0.717) is 6.04 Å². The van der Waals surface area contributed by atoms with Gasteiger partial charge in [0, 0.05) is 32.2 Å². The summed E-state index contributed by atoms with van der Waals surface area (Å²) in [6, 6.07) is 0.501. The van der Waals surface area contributed by atoms with Gasteiger partial charge in [-0.25, -0.2) is 0 Å². The third-order valence-electron chi connectivity index (χ3n) is 3.23. The van der Waals surface area contributed by atoms with E-state index in [1.165, 1.54) is 0 Å². The van der Waals surface area contributed by atoms with Crippen molar-refractivity contribution in [1.82, 2.24) is 20.9 Å². The molecule has 0 aliphatic carbocycles. The average molecular weight is 242 g/mol. The first-order valence-corrected chi connectivity index (χ1v) is 6.53. The van der Waals surface area contributed by atoms with E-state index in [2.05, 4.69) is 41.7 Å². The molecule has 0 saturated carbocycles. The van der Waals surface area contributed by atoms with Crippen molar-refractivity contribution in [2.75, 3.05) is 39.8 Å². The fraction of sp³-hybridized carbons (Fsp3) is 0.917. The maximum atomic E-state index is 11.7. The Hall–Kier alpha value is -0.650. The Balaban J connectivity index is 2.07. The zero-order valence-corrected chi connectivity index (χ0v) is 11.3. The third kappa shape index (κ3) is 5.48.